The number of aliphatic hydroxyl groups excluding tert-OH is 2. The highest BCUT2D eigenvalue weighted by atomic mass is 16.6. The molecule has 0 spiro atoms. The number of hydrogen-bond acceptors (Lipinski definition) is 9. The third kappa shape index (κ3) is 4.72. The van der Waals surface area contributed by atoms with Crippen LogP contribution in [0.2, 0.25) is 0 Å². The number of carbonyl (C=O) groups is 2. The molecule has 13 nitrogen and oxygen atoms in total. The molecular weight excluding hydrogens is 458 g/mol. The maximum Gasteiger partial charge on any atom is 0.407 e. The van der Waals surface area contributed by atoms with Gasteiger partial charge in [-0.25, -0.2) is 19.7 Å². The number of anilines is 1. The molecule has 186 valence electrons. The lowest BCUT2D eigenvalue weighted by atomic mass is 9.94. The topological polar surface area (TPSA) is 189 Å². The smallest absolute Gasteiger partial charge is 0.407 e. The molecule has 2 unspecified atom stereocenters. The minimum absolute atomic E-state index is 0.0851. The molecule has 2 aromatic rings. The Kier molecular flexibility index (Phi) is 6.18. The molecule has 2 aromatic heterocycles. The van der Waals surface area contributed by atoms with E-state index in [2.05, 4.69) is 32.1 Å². The Balaban J connectivity index is 1.31. The zero-order valence-electron chi connectivity index (χ0n) is 18.9. The predicted octanol–water partition coefficient (Wildman–Crippen LogP) is -0.562. The van der Waals surface area contributed by atoms with Crippen molar-refractivity contribution in [2.45, 2.75) is 62.7 Å². The van der Waals surface area contributed by atoms with E-state index >= 15 is 0 Å². The minimum Gasteiger partial charge on any atom is -0.465 e. The van der Waals surface area contributed by atoms with Crippen molar-refractivity contribution in [1.29, 1.82) is 0 Å². The first-order chi connectivity index (χ1) is 16.8. The summed E-state index contributed by atoms with van der Waals surface area (Å²) in [5, 5.41) is 32.8. The molecule has 35 heavy (non-hydrogen) atoms. The second-order valence-corrected chi connectivity index (χ2v) is 9.19. The molecule has 2 saturated heterocycles. The zero-order valence-corrected chi connectivity index (χ0v) is 18.9. The number of aliphatic hydroxyl groups is 2. The van der Waals surface area contributed by atoms with Crippen LogP contribution in [0.25, 0.3) is 11.2 Å². The molecule has 0 radical (unpaired) electrons. The zero-order chi connectivity index (χ0) is 24.7. The highest BCUT2D eigenvalue weighted by molar-refractivity contribution is 5.83. The van der Waals surface area contributed by atoms with Crippen LogP contribution in [0.5, 0.6) is 0 Å². The number of piperidine rings is 1. The van der Waals surface area contributed by atoms with Gasteiger partial charge in [0.25, 0.3) is 5.91 Å². The summed E-state index contributed by atoms with van der Waals surface area (Å²) in [7, 11) is 0. The lowest BCUT2D eigenvalue weighted by Crippen LogP contribution is -2.43. The standard InChI is InChI=1S/C22H27N7O6/c23-18-14-19(27-13(26-18)3-1-2-11-6-8-28(9-7-11)22(33)34)29(10-24-14)21-16(31)15(30)17(35-21)20(32)25-12-4-5-12/h10-12,15-17,21,30-31H,2,4-9H2,(H,25,32)(H,33,34)(H2,23,26,27)/t15-,16+,17?,21?/m0/s1. The van der Waals surface area contributed by atoms with Gasteiger partial charge in [0.15, 0.2) is 23.8 Å². The largest absolute Gasteiger partial charge is 0.465 e. The van der Waals surface area contributed by atoms with Gasteiger partial charge in [0.05, 0.1) is 6.33 Å². The lowest BCUT2D eigenvalue weighted by molar-refractivity contribution is -0.137. The summed E-state index contributed by atoms with van der Waals surface area (Å²) in [5.41, 5.74) is 6.60. The van der Waals surface area contributed by atoms with Crippen molar-refractivity contribution in [3.05, 3.63) is 12.2 Å². The van der Waals surface area contributed by atoms with Crippen LogP contribution < -0.4 is 11.1 Å². The number of nitrogens with one attached hydrogen (secondary N) is 1. The van der Waals surface area contributed by atoms with Gasteiger partial charge in [0.1, 0.15) is 17.7 Å². The van der Waals surface area contributed by atoms with E-state index in [9.17, 15) is 19.8 Å². The summed E-state index contributed by atoms with van der Waals surface area (Å²) in [6, 6.07) is 0.0851. The van der Waals surface area contributed by atoms with E-state index in [1.807, 2.05) is 0 Å². The highest BCUT2D eigenvalue weighted by Crippen LogP contribution is 2.33. The Morgan fingerprint density at radius 3 is 2.60 bits per heavy atom. The van der Waals surface area contributed by atoms with Crippen LogP contribution >= 0.6 is 0 Å². The van der Waals surface area contributed by atoms with Gasteiger partial charge in [-0.05, 0) is 37.5 Å². The fourth-order valence-electron chi connectivity index (χ4n) is 4.40. The van der Waals surface area contributed by atoms with Crippen molar-refractivity contribution in [2.75, 3.05) is 18.8 Å². The summed E-state index contributed by atoms with van der Waals surface area (Å²) in [6.07, 6.45) is -0.835. The van der Waals surface area contributed by atoms with Gasteiger partial charge in [-0.2, -0.15) is 0 Å². The normalized spacial score (nSPS) is 27.0. The fourth-order valence-corrected chi connectivity index (χ4v) is 4.40. The van der Waals surface area contributed by atoms with E-state index in [1.165, 1.54) is 15.8 Å². The number of fused-ring (bicyclic) bond motifs is 1. The molecule has 2 amide bonds. The number of amides is 2. The third-order valence-electron chi connectivity index (χ3n) is 6.62. The number of hydrogen-bond donors (Lipinski definition) is 5. The van der Waals surface area contributed by atoms with Gasteiger partial charge >= 0.3 is 6.09 Å². The Labute approximate surface area is 200 Å². The predicted molar refractivity (Wildman–Crippen MR) is 121 cm³/mol. The quantitative estimate of drug-likeness (QED) is 0.351. The van der Waals surface area contributed by atoms with Crippen LogP contribution in [0.15, 0.2) is 6.33 Å². The first-order valence-electron chi connectivity index (χ1n) is 11.6. The molecule has 6 N–H and O–H groups in total. The molecule has 0 aromatic carbocycles. The summed E-state index contributed by atoms with van der Waals surface area (Å²) < 4.78 is 7.14. The second kappa shape index (κ2) is 9.29. The van der Waals surface area contributed by atoms with Crippen LogP contribution in [0, 0.1) is 17.8 Å². The number of carbonyl (C=O) groups excluding carboxylic acids is 1. The second-order valence-electron chi connectivity index (χ2n) is 9.19. The van der Waals surface area contributed by atoms with Crippen LogP contribution in [-0.2, 0) is 9.53 Å². The van der Waals surface area contributed by atoms with E-state index in [0.717, 1.165) is 25.7 Å². The molecule has 13 heteroatoms. The van der Waals surface area contributed by atoms with Crippen molar-refractivity contribution in [3.63, 3.8) is 0 Å². The number of aromatic nitrogens is 4. The Morgan fingerprint density at radius 1 is 1.17 bits per heavy atom. The average molecular weight is 486 g/mol. The van der Waals surface area contributed by atoms with E-state index < -0.39 is 36.5 Å². The molecule has 5 rings (SSSR count). The summed E-state index contributed by atoms with van der Waals surface area (Å²) >= 11 is 0. The molecule has 1 saturated carbocycles. The van der Waals surface area contributed by atoms with E-state index in [0.29, 0.717) is 19.5 Å². The number of nitrogen functional groups attached to an aromatic ring is 1. The van der Waals surface area contributed by atoms with E-state index in [4.69, 9.17) is 15.6 Å². The van der Waals surface area contributed by atoms with Gasteiger partial charge in [-0.15, -0.1) is 0 Å². The summed E-state index contributed by atoms with van der Waals surface area (Å²) in [5.74, 6) is 6.03. The van der Waals surface area contributed by atoms with Crippen LogP contribution in [0.3, 0.4) is 0 Å². The maximum absolute atomic E-state index is 12.4. The highest BCUT2D eigenvalue weighted by Gasteiger charge is 2.48. The van der Waals surface area contributed by atoms with Crippen LogP contribution in [-0.4, -0.2) is 89.2 Å². The first kappa shape index (κ1) is 23.3. The monoisotopic (exact) mass is 485 g/mol. The van der Waals surface area contributed by atoms with Crippen molar-refractivity contribution in [2.24, 2.45) is 5.92 Å². The van der Waals surface area contributed by atoms with Gasteiger partial charge in [-0.1, -0.05) is 5.92 Å². The van der Waals surface area contributed by atoms with Crippen molar-refractivity contribution >= 4 is 29.0 Å². The number of nitrogens with two attached hydrogens (primary N) is 1. The van der Waals surface area contributed by atoms with Gasteiger partial charge in [0.2, 0.25) is 5.82 Å². The van der Waals surface area contributed by atoms with Crippen LogP contribution in [0.4, 0.5) is 10.6 Å². The fraction of sp³-hybridized carbons (Fsp3) is 0.591. The number of rotatable bonds is 4. The number of imidazole rings is 1. The molecule has 3 fully saturated rings. The summed E-state index contributed by atoms with van der Waals surface area (Å²) in [4.78, 5) is 37.7. The van der Waals surface area contributed by atoms with E-state index in [-0.39, 0.29) is 34.8 Å². The molecule has 0 bridgehead atoms. The van der Waals surface area contributed by atoms with E-state index in [1.54, 1.807) is 0 Å². The Bertz CT molecular complexity index is 1190. The molecule has 1 aliphatic carbocycles. The van der Waals surface area contributed by atoms with Gasteiger partial charge in [0, 0.05) is 25.6 Å². The maximum atomic E-state index is 12.4. The number of ether oxygens (including phenoxy) is 1. The molecule has 4 heterocycles. The third-order valence-corrected chi connectivity index (χ3v) is 6.62. The van der Waals surface area contributed by atoms with Crippen molar-refractivity contribution in [1.82, 2.24) is 29.7 Å². The SMILES string of the molecule is Nc1nc(C#CCC2CCN(C(=O)O)CC2)nc2c1ncn2C1OC(C(=O)NC2CC2)[C@@H](O)[C@H]1O. The number of carboxylic acid groups (broad SMARTS) is 1. The molecular formula is C22H27N7O6. The van der Waals surface area contributed by atoms with Crippen molar-refractivity contribution < 1.29 is 29.6 Å². The number of likely N-dealkylation sites (tertiary alicyclic amines) is 1. The molecule has 3 aliphatic rings. The Hall–Kier alpha value is -3.47. The lowest BCUT2D eigenvalue weighted by Gasteiger charge is -2.28. The van der Waals surface area contributed by atoms with Crippen molar-refractivity contribution in [3.8, 4) is 11.8 Å². The Morgan fingerprint density at radius 2 is 1.91 bits per heavy atom. The average Bonchev–Trinajstić information content (AvgIpc) is 3.47. The van der Waals surface area contributed by atoms with Gasteiger partial charge < -0.3 is 36.0 Å². The molecule has 2 aliphatic heterocycles. The summed E-state index contributed by atoms with van der Waals surface area (Å²) in [6.45, 7) is 0.983. The van der Waals surface area contributed by atoms with Gasteiger partial charge in [-0.3, -0.25) is 9.36 Å². The molecule has 4 atom stereocenters. The minimum atomic E-state index is -1.41. The number of nitrogens with zero attached hydrogens (tertiary/aromatic N) is 5. The van der Waals surface area contributed by atoms with Crippen LogP contribution in [0.1, 0.15) is 44.2 Å². The first-order valence-corrected chi connectivity index (χ1v) is 11.6.